The van der Waals surface area contributed by atoms with Gasteiger partial charge in [0.25, 0.3) is 0 Å². The van der Waals surface area contributed by atoms with Crippen molar-refractivity contribution in [1.82, 2.24) is 4.72 Å². The van der Waals surface area contributed by atoms with E-state index in [0.29, 0.717) is 10.0 Å². The Hall–Kier alpha value is -1.25. The summed E-state index contributed by atoms with van der Waals surface area (Å²) in [5.74, 6) is 0. The molecule has 0 unspecified atom stereocenters. The summed E-state index contributed by atoms with van der Waals surface area (Å²) in [7, 11) is -3.87. The van der Waals surface area contributed by atoms with Crippen molar-refractivity contribution in [2.45, 2.75) is 17.0 Å². The lowest BCUT2D eigenvalue weighted by Gasteiger charge is -2.22. The molecule has 0 bridgehead atoms. The first kappa shape index (κ1) is 17.1. The van der Waals surface area contributed by atoms with Crippen LogP contribution in [-0.2, 0) is 10.0 Å². The first-order chi connectivity index (χ1) is 10.5. The predicted octanol–water partition coefficient (Wildman–Crippen LogP) is 1.82. The zero-order valence-electron chi connectivity index (χ0n) is 11.6. The van der Waals surface area contributed by atoms with Crippen LogP contribution in [0.1, 0.15) is 11.7 Å². The fraction of sp³-hybridized carbons (Fsp3) is 0.200. The molecule has 0 spiro atoms. The highest BCUT2D eigenvalue weighted by Crippen LogP contribution is 2.23. The van der Waals surface area contributed by atoms with Gasteiger partial charge in [-0.15, -0.1) is 0 Å². The lowest BCUT2D eigenvalue weighted by molar-refractivity contribution is 0.101. The van der Waals surface area contributed by atoms with Gasteiger partial charge in [0, 0.05) is 4.47 Å². The molecule has 2 rings (SSSR count). The number of hydrogen-bond donors (Lipinski definition) is 3. The molecule has 7 heteroatoms. The molecule has 0 saturated carbocycles. The largest absolute Gasteiger partial charge is 0.395 e. The fourth-order valence-corrected chi connectivity index (χ4v) is 4.25. The van der Waals surface area contributed by atoms with Gasteiger partial charge in [0.05, 0.1) is 23.6 Å². The van der Waals surface area contributed by atoms with Gasteiger partial charge < -0.3 is 10.2 Å². The third-order valence-electron chi connectivity index (χ3n) is 3.15. The fourth-order valence-electron chi connectivity index (χ4n) is 2.01. The second-order valence-electron chi connectivity index (χ2n) is 4.70. The lowest BCUT2D eigenvalue weighted by atomic mass is 10.0. The van der Waals surface area contributed by atoms with Crippen LogP contribution >= 0.6 is 15.9 Å². The average Bonchev–Trinajstić information content (AvgIpc) is 2.53. The molecule has 2 aromatic rings. The maximum Gasteiger partial charge on any atom is 0.242 e. The Morgan fingerprint density at radius 2 is 1.64 bits per heavy atom. The van der Waals surface area contributed by atoms with Crippen LogP contribution in [0.5, 0.6) is 0 Å². The van der Waals surface area contributed by atoms with E-state index < -0.39 is 28.8 Å². The first-order valence-electron chi connectivity index (χ1n) is 6.56. The van der Waals surface area contributed by atoms with E-state index in [1.165, 1.54) is 6.07 Å². The zero-order chi connectivity index (χ0) is 16.2. The van der Waals surface area contributed by atoms with Crippen molar-refractivity contribution >= 4 is 26.0 Å². The van der Waals surface area contributed by atoms with Gasteiger partial charge in [-0.3, -0.25) is 0 Å². The molecule has 0 heterocycles. The van der Waals surface area contributed by atoms with Crippen LogP contribution in [0.4, 0.5) is 0 Å². The van der Waals surface area contributed by atoms with Gasteiger partial charge in [-0.25, -0.2) is 13.1 Å². The Balaban J connectivity index is 2.25. The Labute approximate surface area is 137 Å². The molecule has 3 N–H and O–H groups in total. The van der Waals surface area contributed by atoms with Crippen molar-refractivity contribution in [1.29, 1.82) is 0 Å². The lowest BCUT2D eigenvalue weighted by Crippen LogP contribution is -2.41. The van der Waals surface area contributed by atoms with Crippen LogP contribution < -0.4 is 4.72 Å². The number of benzene rings is 2. The Kier molecular flexibility index (Phi) is 5.71. The molecule has 118 valence electrons. The molecule has 0 aliphatic rings. The van der Waals surface area contributed by atoms with E-state index in [1.54, 1.807) is 48.5 Å². The van der Waals surface area contributed by atoms with Gasteiger partial charge in [0.15, 0.2) is 0 Å². The summed E-state index contributed by atoms with van der Waals surface area (Å²) in [6.07, 6.45) is -1.15. The first-order valence-corrected chi connectivity index (χ1v) is 8.84. The minimum atomic E-state index is -3.87. The third-order valence-corrected chi connectivity index (χ3v) is 5.65. The smallest absolute Gasteiger partial charge is 0.242 e. The summed E-state index contributed by atoms with van der Waals surface area (Å²) in [5.41, 5.74) is 0.524. The minimum Gasteiger partial charge on any atom is -0.395 e. The van der Waals surface area contributed by atoms with E-state index in [9.17, 15) is 18.6 Å². The summed E-state index contributed by atoms with van der Waals surface area (Å²) in [6.45, 7) is -0.528. The highest BCUT2D eigenvalue weighted by atomic mass is 79.9. The van der Waals surface area contributed by atoms with Gasteiger partial charge in [-0.2, -0.15) is 0 Å². The maximum absolute atomic E-state index is 12.4. The van der Waals surface area contributed by atoms with Crippen molar-refractivity contribution in [3.63, 3.8) is 0 Å². The van der Waals surface area contributed by atoms with Gasteiger partial charge in [0.1, 0.15) is 0 Å². The molecule has 0 saturated heterocycles. The molecule has 22 heavy (non-hydrogen) atoms. The number of nitrogens with one attached hydrogen (secondary N) is 1. The van der Waals surface area contributed by atoms with Crippen molar-refractivity contribution in [3.8, 4) is 0 Å². The summed E-state index contributed by atoms with van der Waals surface area (Å²) in [5, 5.41) is 19.7. The standard InChI is InChI=1S/C15H16BrNO4S/c16-12-8-4-5-9-14(12)22(20,21)17-13(10-18)15(19)11-6-2-1-3-7-11/h1-9,13,15,17-19H,10H2/t13-,15+/m0/s1. The topological polar surface area (TPSA) is 86.6 Å². The monoisotopic (exact) mass is 385 g/mol. The van der Waals surface area contributed by atoms with Crippen molar-refractivity contribution < 1.29 is 18.6 Å². The van der Waals surface area contributed by atoms with Crippen LogP contribution in [-0.4, -0.2) is 31.3 Å². The molecular weight excluding hydrogens is 370 g/mol. The van der Waals surface area contributed by atoms with E-state index in [0.717, 1.165) is 0 Å². The summed E-state index contributed by atoms with van der Waals surface area (Å²) >= 11 is 3.18. The van der Waals surface area contributed by atoms with Crippen molar-refractivity contribution in [3.05, 3.63) is 64.6 Å². The molecule has 0 fully saturated rings. The van der Waals surface area contributed by atoms with Crippen LogP contribution in [0, 0.1) is 0 Å². The van der Waals surface area contributed by atoms with Crippen LogP contribution in [0.3, 0.4) is 0 Å². The van der Waals surface area contributed by atoms with Gasteiger partial charge >= 0.3 is 0 Å². The van der Waals surface area contributed by atoms with E-state index in [4.69, 9.17) is 0 Å². The Morgan fingerprint density at radius 1 is 1.05 bits per heavy atom. The molecule has 5 nitrogen and oxygen atoms in total. The Morgan fingerprint density at radius 3 is 2.23 bits per heavy atom. The summed E-state index contributed by atoms with van der Waals surface area (Å²) in [4.78, 5) is 0.0497. The summed E-state index contributed by atoms with van der Waals surface area (Å²) in [6, 6.07) is 13.9. The number of aliphatic hydroxyl groups is 2. The van der Waals surface area contributed by atoms with Gasteiger partial charge in [-0.1, -0.05) is 42.5 Å². The van der Waals surface area contributed by atoms with E-state index >= 15 is 0 Å². The molecule has 2 atom stereocenters. The summed E-state index contributed by atoms with van der Waals surface area (Å²) < 4.78 is 27.5. The maximum atomic E-state index is 12.4. The van der Waals surface area contributed by atoms with Crippen LogP contribution in [0.15, 0.2) is 64.0 Å². The Bertz CT molecular complexity index is 721. The molecule has 0 aromatic heterocycles. The number of sulfonamides is 1. The quantitative estimate of drug-likeness (QED) is 0.707. The van der Waals surface area contributed by atoms with Gasteiger partial charge in [0.2, 0.25) is 10.0 Å². The molecule has 2 aromatic carbocycles. The second kappa shape index (κ2) is 7.34. The van der Waals surface area contributed by atoms with Gasteiger partial charge in [-0.05, 0) is 33.6 Å². The third kappa shape index (κ3) is 3.93. The minimum absolute atomic E-state index is 0.0497. The highest BCUT2D eigenvalue weighted by Gasteiger charge is 2.27. The zero-order valence-corrected chi connectivity index (χ0v) is 14.0. The number of hydrogen-bond acceptors (Lipinski definition) is 4. The molecule has 0 radical (unpaired) electrons. The van der Waals surface area contributed by atoms with E-state index in [1.807, 2.05) is 0 Å². The SMILES string of the molecule is O=S(=O)(N[C@@H](CO)[C@H](O)c1ccccc1)c1ccccc1Br. The van der Waals surface area contributed by atoms with E-state index in [2.05, 4.69) is 20.7 Å². The predicted molar refractivity (Wildman–Crippen MR) is 86.7 cm³/mol. The normalized spacial score (nSPS) is 14.5. The number of rotatable bonds is 6. The van der Waals surface area contributed by atoms with Crippen molar-refractivity contribution in [2.75, 3.05) is 6.61 Å². The molecular formula is C15H16BrNO4S. The van der Waals surface area contributed by atoms with Crippen molar-refractivity contribution in [2.24, 2.45) is 0 Å². The number of halogens is 1. The molecule has 0 amide bonds. The second-order valence-corrected chi connectivity index (χ2v) is 7.23. The molecule has 0 aliphatic heterocycles. The average molecular weight is 386 g/mol. The van der Waals surface area contributed by atoms with E-state index in [-0.39, 0.29) is 4.90 Å². The van der Waals surface area contributed by atoms with Crippen LogP contribution in [0.25, 0.3) is 0 Å². The highest BCUT2D eigenvalue weighted by molar-refractivity contribution is 9.10. The number of aliphatic hydroxyl groups excluding tert-OH is 2. The van der Waals surface area contributed by atoms with Crippen LogP contribution in [0.2, 0.25) is 0 Å². The molecule has 0 aliphatic carbocycles.